The van der Waals surface area contributed by atoms with Gasteiger partial charge in [-0.15, -0.1) is 0 Å². The van der Waals surface area contributed by atoms with Crippen LogP contribution in [0.2, 0.25) is 0 Å². The third-order valence-electron chi connectivity index (χ3n) is 6.76. The van der Waals surface area contributed by atoms with Crippen LogP contribution < -0.4 is 5.32 Å². The van der Waals surface area contributed by atoms with Crippen molar-refractivity contribution in [2.75, 3.05) is 72.1 Å². The van der Waals surface area contributed by atoms with Gasteiger partial charge in [0, 0.05) is 64.4 Å². The molecular formula is C22H42N6O2. The van der Waals surface area contributed by atoms with Crippen LogP contribution in [0.15, 0.2) is 4.99 Å². The lowest BCUT2D eigenvalue weighted by molar-refractivity contribution is -0.135. The molecule has 30 heavy (non-hydrogen) atoms. The Morgan fingerprint density at radius 3 is 2.40 bits per heavy atom. The fourth-order valence-electron chi connectivity index (χ4n) is 4.82. The van der Waals surface area contributed by atoms with Gasteiger partial charge in [0.05, 0.1) is 25.8 Å². The zero-order chi connectivity index (χ0) is 21.5. The van der Waals surface area contributed by atoms with Gasteiger partial charge in [-0.1, -0.05) is 0 Å². The molecule has 3 atom stereocenters. The molecule has 0 aromatic carbocycles. The predicted molar refractivity (Wildman–Crippen MR) is 121 cm³/mol. The summed E-state index contributed by atoms with van der Waals surface area (Å²) in [4.78, 5) is 26.9. The second kappa shape index (κ2) is 11.3. The van der Waals surface area contributed by atoms with Gasteiger partial charge in [-0.2, -0.15) is 0 Å². The molecule has 3 aliphatic rings. The van der Waals surface area contributed by atoms with Gasteiger partial charge in [-0.3, -0.25) is 19.6 Å². The fourth-order valence-corrected chi connectivity index (χ4v) is 4.82. The first kappa shape index (κ1) is 23.3. The molecule has 3 unspecified atom stereocenters. The fraction of sp³-hybridized carbons (Fsp3) is 0.909. The number of hydrogen-bond donors (Lipinski definition) is 1. The number of likely N-dealkylation sites (tertiary alicyclic amines) is 1. The second-order valence-electron chi connectivity index (χ2n) is 8.94. The van der Waals surface area contributed by atoms with Gasteiger partial charge in [0.25, 0.3) is 0 Å². The van der Waals surface area contributed by atoms with Crippen molar-refractivity contribution in [2.45, 2.75) is 58.7 Å². The third-order valence-corrected chi connectivity index (χ3v) is 6.76. The Labute approximate surface area is 182 Å². The topological polar surface area (TPSA) is 63.7 Å². The van der Waals surface area contributed by atoms with Crippen molar-refractivity contribution in [3.05, 3.63) is 0 Å². The van der Waals surface area contributed by atoms with E-state index in [0.29, 0.717) is 18.0 Å². The van der Waals surface area contributed by atoms with Gasteiger partial charge >= 0.3 is 0 Å². The van der Waals surface area contributed by atoms with Crippen LogP contribution >= 0.6 is 0 Å². The summed E-state index contributed by atoms with van der Waals surface area (Å²) in [5, 5.41) is 3.47. The maximum atomic E-state index is 12.7. The summed E-state index contributed by atoms with van der Waals surface area (Å²) >= 11 is 0. The summed E-state index contributed by atoms with van der Waals surface area (Å²) in [6.07, 6.45) is 2.30. The second-order valence-corrected chi connectivity index (χ2v) is 8.94. The molecule has 0 radical (unpaired) electrons. The molecule has 3 aliphatic heterocycles. The number of rotatable bonds is 6. The molecule has 3 heterocycles. The highest BCUT2D eigenvalue weighted by molar-refractivity contribution is 5.82. The van der Waals surface area contributed by atoms with Crippen molar-refractivity contribution in [3.8, 4) is 0 Å². The molecular weight excluding hydrogens is 380 g/mol. The largest absolute Gasteiger partial charge is 0.379 e. The number of ether oxygens (including phenoxy) is 1. The molecule has 172 valence electrons. The monoisotopic (exact) mass is 422 g/mol. The van der Waals surface area contributed by atoms with Gasteiger partial charge in [-0.05, 0) is 40.5 Å². The van der Waals surface area contributed by atoms with Gasteiger partial charge < -0.3 is 19.9 Å². The first-order valence-corrected chi connectivity index (χ1v) is 11.9. The van der Waals surface area contributed by atoms with Crippen LogP contribution in [0.1, 0.15) is 40.5 Å². The minimum Gasteiger partial charge on any atom is -0.379 e. The van der Waals surface area contributed by atoms with E-state index < -0.39 is 0 Å². The minimum atomic E-state index is -0.0207. The summed E-state index contributed by atoms with van der Waals surface area (Å²) in [5.41, 5.74) is 0. The van der Waals surface area contributed by atoms with E-state index in [1.165, 1.54) is 0 Å². The molecule has 8 nitrogen and oxygen atoms in total. The van der Waals surface area contributed by atoms with E-state index >= 15 is 0 Å². The number of carbonyl (C=O) groups is 1. The lowest BCUT2D eigenvalue weighted by Crippen LogP contribution is -2.57. The Morgan fingerprint density at radius 2 is 1.77 bits per heavy atom. The lowest BCUT2D eigenvalue weighted by Gasteiger charge is -2.40. The number of amides is 1. The van der Waals surface area contributed by atoms with E-state index in [1.54, 1.807) is 0 Å². The van der Waals surface area contributed by atoms with Crippen LogP contribution in [0, 0.1) is 0 Å². The van der Waals surface area contributed by atoms with Crippen molar-refractivity contribution in [2.24, 2.45) is 4.99 Å². The van der Waals surface area contributed by atoms with E-state index in [-0.39, 0.29) is 6.04 Å². The van der Waals surface area contributed by atoms with Crippen molar-refractivity contribution in [1.29, 1.82) is 0 Å². The lowest BCUT2D eigenvalue weighted by atomic mass is 10.2. The zero-order valence-electron chi connectivity index (χ0n) is 19.5. The van der Waals surface area contributed by atoms with Gasteiger partial charge in [0.15, 0.2) is 5.96 Å². The third kappa shape index (κ3) is 5.86. The normalized spacial score (nSPS) is 26.7. The maximum absolute atomic E-state index is 12.7. The van der Waals surface area contributed by atoms with Gasteiger partial charge in [-0.25, -0.2) is 0 Å². The Morgan fingerprint density at radius 1 is 1.07 bits per heavy atom. The molecule has 3 saturated heterocycles. The zero-order valence-corrected chi connectivity index (χ0v) is 19.5. The van der Waals surface area contributed by atoms with Crippen molar-refractivity contribution in [1.82, 2.24) is 24.9 Å². The Balaban J connectivity index is 1.51. The predicted octanol–water partition coefficient (Wildman–Crippen LogP) is 0.690. The number of aliphatic imine (C=N–C) groups is 1. The minimum absolute atomic E-state index is 0.0207. The van der Waals surface area contributed by atoms with Crippen molar-refractivity contribution < 1.29 is 9.53 Å². The number of guanidine groups is 1. The summed E-state index contributed by atoms with van der Waals surface area (Å²) in [5.74, 6) is 1.30. The van der Waals surface area contributed by atoms with E-state index in [2.05, 4.69) is 47.7 Å². The average molecular weight is 423 g/mol. The number of nitrogens with zero attached hydrogens (tertiary/aromatic N) is 5. The molecule has 0 aliphatic carbocycles. The van der Waals surface area contributed by atoms with Crippen LogP contribution in [0.4, 0.5) is 0 Å². The summed E-state index contributed by atoms with van der Waals surface area (Å²) in [6, 6.07) is 0.828. The maximum Gasteiger partial charge on any atom is 0.239 e. The smallest absolute Gasteiger partial charge is 0.239 e. The standard InChI is InChI=1S/C22H42N6O2/c1-5-23-22(24-16-18(2)28-14-15-30-17-19(28)3)27-12-10-25(11-13-27)20(4)21(29)26-8-6-7-9-26/h18-20H,5-17H2,1-4H3,(H,23,24). The first-order chi connectivity index (χ1) is 14.5. The van der Waals surface area contributed by atoms with Crippen LogP contribution in [0.25, 0.3) is 0 Å². The summed E-state index contributed by atoms with van der Waals surface area (Å²) in [7, 11) is 0. The van der Waals surface area contributed by atoms with E-state index in [9.17, 15) is 4.79 Å². The summed E-state index contributed by atoms with van der Waals surface area (Å²) in [6.45, 7) is 18.4. The van der Waals surface area contributed by atoms with Gasteiger partial charge in [0.2, 0.25) is 5.91 Å². The molecule has 1 amide bonds. The number of nitrogens with one attached hydrogen (secondary N) is 1. The highest BCUT2D eigenvalue weighted by Gasteiger charge is 2.30. The number of hydrogen-bond acceptors (Lipinski definition) is 5. The molecule has 0 aromatic heterocycles. The molecule has 0 spiro atoms. The molecule has 8 heteroatoms. The van der Waals surface area contributed by atoms with E-state index in [0.717, 1.165) is 90.9 Å². The molecule has 0 bridgehead atoms. The van der Waals surface area contributed by atoms with Crippen LogP contribution in [0.5, 0.6) is 0 Å². The van der Waals surface area contributed by atoms with E-state index in [4.69, 9.17) is 9.73 Å². The summed E-state index contributed by atoms with van der Waals surface area (Å²) < 4.78 is 5.57. The van der Waals surface area contributed by atoms with Gasteiger partial charge in [0.1, 0.15) is 0 Å². The molecule has 3 fully saturated rings. The SMILES string of the molecule is CCNC(=NCC(C)N1CCOCC1C)N1CCN(C(C)C(=O)N2CCCC2)CC1. The first-order valence-electron chi connectivity index (χ1n) is 11.9. The van der Waals surface area contributed by atoms with Crippen LogP contribution in [0.3, 0.4) is 0 Å². The highest BCUT2D eigenvalue weighted by atomic mass is 16.5. The Bertz CT molecular complexity index is 572. The number of piperazine rings is 1. The number of morpholine rings is 1. The molecule has 3 rings (SSSR count). The van der Waals surface area contributed by atoms with Crippen molar-refractivity contribution in [3.63, 3.8) is 0 Å². The highest BCUT2D eigenvalue weighted by Crippen LogP contribution is 2.15. The Hall–Kier alpha value is -1.38. The molecule has 0 aromatic rings. The van der Waals surface area contributed by atoms with E-state index in [1.807, 2.05) is 4.90 Å². The average Bonchev–Trinajstić information content (AvgIpc) is 3.31. The quantitative estimate of drug-likeness (QED) is 0.502. The number of carbonyl (C=O) groups excluding carboxylic acids is 1. The Kier molecular flexibility index (Phi) is 8.77. The molecule has 0 saturated carbocycles. The molecule has 1 N–H and O–H groups in total. The van der Waals surface area contributed by atoms with Crippen LogP contribution in [-0.2, 0) is 9.53 Å². The van der Waals surface area contributed by atoms with Crippen molar-refractivity contribution >= 4 is 11.9 Å². The van der Waals surface area contributed by atoms with Crippen LogP contribution in [-0.4, -0.2) is 122 Å².